The fraction of sp³-hybridized carbons (Fsp3) is 0.267. The zero-order chi connectivity index (χ0) is 15.4. The second-order valence-electron chi connectivity index (χ2n) is 4.76. The van der Waals surface area contributed by atoms with E-state index in [0.717, 1.165) is 11.1 Å². The lowest BCUT2D eigenvalue weighted by atomic mass is 10.1. The summed E-state index contributed by atoms with van der Waals surface area (Å²) in [5.41, 5.74) is 2.12. The van der Waals surface area contributed by atoms with E-state index in [2.05, 4.69) is 10.3 Å². The number of hydrogen-bond donors (Lipinski definition) is 1. The first-order valence-corrected chi connectivity index (χ1v) is 6.54. The van der Waals surface area contributed by atoms with Crippen LogP contribution >= 0.6 is 0 Å². The maximum atomic E-state index is 11.1. The molecule has 0 radical (unpaired) electrons. The summed E-state index contributed by atoms with van der Waals surface area (Å²) < 4.78 is 5.02. The molecule has 0 saturated heterocycles. The quantitative estimate of drug-likeness (QED) is 0.673. The van der Waals surface area contributed by atoms with Crippen molar-refractivity contribution >= 4 is 11.5 Å². The number of nitrogens with zero attached hydrogens (tertiary/aromatic N) is 2. The molecule has 0 spiro atoms. The van der Waals surface area contributed by atoms with Gasteiger partial charge >= 0.3 is 5.69 Å². The molecule has 2 aromatic rings. The molecule has 0 bridgehead atoms. The van der Waals surface area contributed by atoms with Gasteiger partial charge in [-0.1, -0.05) is 29.8 Å². The predicted molar refractivity (Wildman–Crippen MR) is 80.7 cm³/mol. The summed E-state index contributed by atoms with van der Waals surface area (Å²) >= 11 is 0. The molecule has 1 N–H and O–H groups in total. The van der Waals surface area contributed by atoms with Crippen molar-refractivity contribution in [3.63, 3.8) is 0 Å². The van der Waals surface area contributed by atoms with Gasteiger partial charge in [0.25, 0.3) is 0 Å². The number of methoxy groups -OCH3 is 1. The number of aryl methyl sites for hydroxylation is 1. The van der Waals surface area contributed by atoms with Gasteiger partial charge in [0.15, 0.2) is 0 Å². The molecule has 21 heavy (non-hydrogen) atoms. The number of rotatable bonds is 5. The molecule has 110 valence electrons. The Bertz CT molecular complexity index is 641. The number of ether oxygens (including phenoxy) is 1. The minimum Gasteiger partial charge on any atom is -0.481 e. The average molecular weight is 287 g/mol. The highest BCUT2D eigenvalue weighted by Crippen LogP contribution is 2.28. The molecule has 0 fully saturated rings. The Labute approximate surface area is 122 Å². The molecule has 0 aliphatic rings. The highest BCUT2D eigenvalue weighted by atomic mass is 16.6. The third kappa shape index (κ3) is 3.47. The summed E-state index contributed by atoms with van der Waals surface area (Å²) in [4.78, 5) is 14.7. The molecule has 0 aliphatic carbocycles. The molecule has 2 rings (SSSR count). The maximum Gasteiger partial charge on any atom is 0.311 e. The summed E-state index contributed by atoms with van der Waals surface area (Å²) in [7, 11) is 1.47. The van der Waals surface area contributed by atoms with Gasteiger partial charge in [0.2, 0.25) is 11.7 Å². The SMILES string of the molecule is COc1ccc([N+](=O)[O-])c(NC(C)c2ccc(C)cc2)n1. The van der Waals surface area contributed by atoms with Crippen LogP contribution in [0.3, 0.4) is 0 Å². The summed E-state index contributed by atoms with van der Waals surface area (Å²) in [6.07, 6.45) is 0. The Morgan fingerprint density at radius 2 is 1.90 bits per heavy atom. The highest BCUT2D eigenvalue weighted by Gasteiger charge is 2.18. The number of aromatic nitrogens is 1. The number of nitro groups is 1. The fourth-order valence-corrected chi connectivity index (χ4v) is 1.94. The lowest BCUT2D eigenvalue weighted by molar-refractivity contribution is -0.384. The van der Waals surface area contributed by atoms with Gasteiger partial charge in [0.1, 0.15) is 0 Å². The monoisotopic (exact) mass is 287 g/mol. The van der Waals surface area contributed by atoms with E-state index < -0.39 is 4.92 Å². The van der Waals surface area contributed by atoms with Gasteiger partial charge in [0.05, 0.1) is 18.1 Å². The summed E-state index contributed by atoms with van der Waals surface area (Å²) in [5, 5.41) is 14.1. The number of anilines is 1. The molecule has 1 atom stereocenters. The van der Waals surface area contributed by atoms with Gasteiger partial charge in [-0.05, 0) is 19.4 Å². The number of hydrogen-bond acceptors (Lipinski definition) is 5. The first-order chi connectivity index (χ1) is 10.0. The Hall–Kier alpha value is -2.63. The van der Waals surface area contributed by atoms with Crippen LogP contribution in [0.1, 0.15) is 24.1 Å². The smallest absolute Gasteiger partial charge is 0.311 e. The van der Waals surface area contributed by atoms with Crippen LogP contribution in [0.5, 0.6) is 5.88 Å². The number of nitrogens with one attached hydrogen (secondary N) is 1. The Balaban J connectivity index is 2.28. The second-order valence-corrected chi connectivity index (χ2v) is 4.76. The molecule has 0 saturated carbocycles. The summed E-state index contributed by atoms with van der Waals surface area (Å²) in [5.74, 6) is 0.534. The van der Waals surface area contributed by atoms with Crippen LogP contribution in [0, 0.1) is 17.0 Å². The fourth-order valence-electron chi connectivity index (χ4n) is 1.94. The van der Waals surface area contributed by atoms with E-state index in [0.29, 0.717) is 5.88 Å². The Morgan fingerprint density at radius 3 is 2.48 bits per heavy atom. The van der Waals surface area contributed by atoms with Crippen LogP contribution in [0.4, 0.5) is 11.5 Å². The molecule has 0 amide bonds. The molecule has 1 aromatic carbocycles. The summed E-state index contributed by atoms with van der Waals surface area (Å²) in [6, 6.07) is 10.7. The zero-order valence-electron chi connectivity index (χ0n) is 12.2. The van der Waals surface area contributed by atoms with E-state index in [1.807, 2.05) is 38.1 Å². The van der Waals surface area contributed by atoms with Crippen molar-refractivity contribution in [1.29, 1.82) is 0 Å². The molecule has 6 heteroatoms. The molecular formula is C15H17N3O3. The first-order valence-electron chi connectivity index (χ1n) is 6.54. The van der Waals surface area contributed by atoms with Gasteiger partial charge in [0, 0.05) is 12.1 Å². The molecule has 1 unspecified atom stereocenters. The Morgan fingerprint density at radius 1 is 1.24 bits per heavy atom. The van der Waals surface area contributed by atoms with Crippen LogP contribution in [-0.4, -0.2) is 17.0 Å². The van der Waals surface area contributed by atoms with Crippen molar-refractivity contribution in [2.45, 2.75) is 19.9 Å². The van der Waals surface area contributed by atoms with E-state index in [-0.39, 0.29) is 17.5 Å². The lowest BCUT2D eigenvalue weighted by Crippen LogP contribution is -2.10. The molecule has 6 nitrogen and oxygen atoms in total. The number of benzene rings is 1. The van der Waals surface area contributed by atoms with Crippen molar-refractivity contribution in [2.75, 3.05) is 12.4 Å². The van der Waals surface area contributed by atoms with Crippen molar-refractivity contribution in [3.8, 4) is 5.88 Å². The third-order valence-electron chi connectivity index (χ3n) is 3.18. The van der Waals surface area contributed by atoms with E-state index in [1.165, 1.54) is 19.2 Å². The van der Waals surface area contributed by atoms with Crippen LogP contribution in [0.15, 0.2) is 36.4 Å². The minimum absolute atomic E-state index is 0.0743. The Kier molecular flexibility index (Phi) is 4.37. The average Bonchev–Trinajstić information content (AvgIpc) is 2.47. The van der Waals surface area contributed by atoms with Crippen molar-refractivity contribution in [3.05, 3.63) is 57.6 Å². The molecular weight excluding hydrogens is 270 g/mol. The number of pyridine rings is 1. The lowest BCUT2D eigenvalue weighted by Gasteiger charge is -2.15. The van der Waals surface area contributed by atoms with Crippen LogP contribution in [0.25, 0.3) is 0 Å². The van der Waals surface area contributed by atoms with Crippen molar-refractivity contribution in [2.24, 2.45) is 0 Å². The van der Waals surface area contributed by atoms with Gasteiger partial charge in [-0.25, -0.2) is 0 Å². The van der Waals surface area contributed by atoms with Crippen molar-refractivity contribution in [1.82, 2.24) is 4.98 Å². The molecule has 1 aromatic heterocycles. The topological polar surface area (TPSA) is 77.3 Å². The van der Waals surface area contributed by atoms with Crippen LogP contribution < -0.4 is 10.1 Å². The van der Waals surface area contributed by atoms with Gasteiger partial charge in [-0.2, -0.15) is 4.98 Å². The predicted octanol–water partition coefficient (Wildman–Crippen LogP) is 3.48. The first kappa shape index (κ1) is 14.8. The highest BCUT2D eigenvalue weighted by molar-refractivity contribution is 5.58. The zero-order valence-corrected chi connectivity index (χ0v) is 12.2. The third-order valence-corrected chi connectivity index (χ3v) is 3.18. The summed E-state index contributed by atoms with van der Waals surface area (Å²) in [6.45, 7) is 3.94. The van der Waals surface area contributed by atoms with E-state index in [4.69, 9.17) is 4.74 Å². The van der Waals surface area contributed by atoms with Crippen LogP contribution in [-0.2, 0) is 0 Å². The second kappa shape index (κ2) is 6.21. The van der Waals surface area contributed by atoms with E-state index in [9.17, 15) is 10.1 Å². The normalized spacial score (nSPS) is 11.8. The molecule has 1 heterocycles. The largest absolute Gasteiger partial charge is 0.481 e. The van der Waals surface area contributed by atoms with E-state index in [1.54, 1.807) is 0 Å². The minimum atomic E-state index is -0.462. The standard InChI is InChI=1S/C15H17N3O3/c1-10-4-6-12(7-5-10)11(2)16-15-13(18(19)20)8-9-14(17-15)21-3/h4-9,11H,1-3H3,(H,16,17). The van der Waals surface area contributed by atoms with E-state index >= 15 is 0 Å². The van der Waals surface area contributed by atoms with Gasteiger partial charge in [-0.3, -0.25) is 10.1 Å². The van der Waals surface area contributed by atoms with Gasteiger partial charge < -0.3 is 10.1 Å². The van der Waals surface area contributed by atoms with Crippen LogP contribution in [0.2, 0.25) is 0 Å². The maximum absolute atomic E-state index is 11.1. The molecule has 0 aliphatic heterocycles. The van der Waals surface area contributed by atoms with Gasteiger partial charge in [-0.15, -0.1) is 0 Å². The van der Waals surface area contributed by atoms with Crippen molar-refractivity contribution < 1.29 is 9.66 Å².